The van der Waals surface area contributed by atoms with Crippen molar-refractivity contribution in [3.05, 3.63) is 78.4 Å². The first kappa shape index (κ1) is 21.8. The second kappa shape index (κ2) is 9.76. The minimum atomic E-state index is -3.47. The smallest absolute Gasteiger partial charge is 0.232 e. The summed E-state index contributed by atoms with van der Waals surface area (Å²) in [5, 5.41) is 4.82. The number of amides is 1. The topological polar surface area (TPSA) is 66.5 Å². The minimum absolute atomic E-state index is 0.0656. The van der Waals surface area contributed by atoms with E-state index < -0.39 is 10.0 Å². The van der Waals surface area contributed by atoms with E-state index in [1.54, 1.807) is 0 Å². The first-order valence-electron chi connectivity index (χ1n) is 10.1. The molecule has 0 spiro atoms. The molecule has 1 N–H and O–H groups in total. The molecule has 0 aromatic heterocycles. The summed E-state index contributed by atoms with van der Waals surface area (Å²) in [7, 11) is -3.47. The highest BCUT2D eigenvalue weighted by Gasteiger charge is 2.19. The molecule has 30 heavy (non-hydrogen) atoms. The summed E-state index contributed by atoms with van der Waals surface area (Å²) in [5.41, 5.74) is 1.82. The van der Waals surface area contributed by atoms with E-state index in [1.165, 1.54) is 16.1 Å². The van der Waals surface area contributed by atoms with Gasteiger partial charge in [0, 0.05) is 24.9 Å². The van der Waals surface area contributed by atoms with Crippen molar-refractivity contribution in [2.45, 2.75) is 25.7 Å². The van der Waals surface area contributed by atoms with E-state index in [0.717, 1.165) is 10.8 Å². The van der Waals surface area contributed by atoms with Crippen LogP contribution >= 0.6 is 0 Å². The molecule has 0 saturated heterocycles. The van der Waals surface area contributed by atoms with Crippen molar-refractivity contribution in [3.8, 4) is 0 Å². The van der Waals surface area contributed by atoms with Crippen LogP contribution < -0.4 is 9.62 Å². The molecule has 0 aliphatic heterocycles. The van der Waals surface area contributed by atoms with Crippen molar-refractivity contribution in [2.24, 2.45) is 0 Å². The fraction of sp³-hybridized carbons (Fsp3) is 0.292. The molecule has 0 radical (unpaired) electrons. The van der Waals surface area contributed by atoms with Crippen LogP contribution in [-0.2, 0) is 14.8 Å². The highest BCUT2D eigenvalue weighted by atomic mass is 32.2. The fourth-order valence-corrected chi connectivity index (χ4v) is 4.51. The average molecular weight is 425 g/mol. The Morgan fingerprint density at radius 3 is 2.37 bits per heavy atom. The highest BCUT2D eigenvalue weighted by Crippen LogP contribution is 2.28. The fourth-order valence-electron chi connectivity index (χ4n) is 3.53. The Labute approximate surface area is 178 Å². The maximum atomic E-state index is 12.4. The number of rotatable bonds is 9. The van der Waals surface area contributed by atoms with Crippen LogP contribution in [0, 0.1) is 0 Å². The third-order valence-corrected chi connectivity index (χ3v) is 6.35. The molecule has 0 bridgehead atoms. The molecule has 1 amide bonds. The molecule has 0 aliphatic rings. The number of hydrogen-bond donors (Lipinski definition) is 1. The van der Waals surface area contributed by atoms with Crippen molar-refractivity contribution in [2.75, 3.05) is 23.7 Å². The van der Waals surface area contributed by atoms with Crippen molar-refractivity contribution in [3.63, 3.8) is 0 Å². The van der Waals surface area contributed by atoms with Crippen LogP contribution in [0.4, 0.5) is 5.69 Å². The summed E-state index contributed by atoms with van der Waals surface area (Å²) in [4.78, 5) is 12.3. The molecule has 3 aromatic carbocycles. The summed E-state index contributed by atoms with van der Waals surface area (Å²) in [6, 6.07) is 23.4. The van der Waals surface area contributed by atoms with Crippen LogP contribution in [0.2, 0.25) is 0 Å². The maximum absolute atomic E-state index is 12.4. The number of carbonyl (C=O) groups excluding carboxylic acids is 1. The molecule has 0 saturated carbocycles. The number of fused-ring (bicyclic) bond motifs is 1. The second-order valence-electron chi connectivity index (χ2n) is 7.55. The number of anilines is 1. The number of sulfonamides is 1. The lowest BCUT2D eigenvalue weighted by molar-refractivity contribution is -0.121. The molecule has 1 unspecified atom stereocenters. The van der Waals surface area contributed by atoms with Gasteiger partial charge in [0.1, 0.15) is 0 Å². The standard InChI is InChI=1S/C24H28N2O3S/c1-19(20-10-4-3-5-11-20)18-25-24(27)16-9-17-26(30(2,28)29)23-15-8-13-21-12-6-7-14-22(21)23/h3-8,10-15,19H,9,16-18H2,1-2H3,(H,25,27). The Morgan fingerprint density at radius 2 is 1.63 bits per heavy atom. The molecule has 0 fully saturated rings. The van der Waals surface area contributed by atoms with Gasteiger partial charge in [-0.3, -0.25) is 9.10 Å². The lowest BCUT2D eigenvalue weighted by atomic mass is 10.0. The Bertz CT molecular complexity index is 1090. The maximum Gasteiger partial charge on any atom is 0.232 e. The molecule has 6 heteroatoms. The molecule has 3 rings (SSSR count). The Morgan fingerprint density at radius 1 is 0.967 bits per heavy atom. The van der Waals surface area contributed by atoms with Crippen molar-refractivity contribution in [1.82, 2.24) is 5.32 Å². The minimum Gasteiger partial charge on any atom is -0.356 e. The van der Waals surface area contributed by atoms with Crippen LogP contribution in [0.1, 0.15) is 31.2 Å². The van der Waals surface area contributed by atoms with Crippen LogP contribution in [0.15, 0.2) is 72.8 Å². The van der Waals surface area contributed by atoms with Gasteiger partial charge in [-0.25, -0.2) is 8.42 Å². The van der Waals surface area contributed by atoms with Crippen molar-refractivity contribution in [1.29, 1.82) is 0 Å². The Balaban J connectivity index is 1.60. The summed E-state index contributed by atoms with van der Waals surface area (Å²) >= 11 is 0. The zero-order valence-corrected chi connectivity index (χ0v) is 18.2. The number of carbonyl (C=O) groups is 1. The zero-order valence-electron chi connectivity index (χ0n) is 17.4. The van der Waals surface area contributed by atoms with Crippen LogP contribution in [0.25, 0.3) is 10.8 Å². The van der Waals surface area contributed by atoms with Gasteiger partial charge in [0.05, 0.1) is 11.9 Å². The van der Waals surface area contributed by atoms with Crippen molar-refractivity contribution >= 4 is 32.4 Å². The SMILES string of the molecule is CC(CNC(=O)CCCN(c1cccc2ccccc12)S(C)(=O)=O)c1ccccc1. The number of hydrogen-bond acceptors (Lipinski definition) is 3. The number of nitrogens with one attached hydrogen (secondary N) is 1. The quantitative estimate of drug-likeness (QED) is 0.557. The van der Waals surface area contributed by atoms with E-state index in [1.807, 2.05) is 72.8 Å². The van der Waals surface area contributed by atoms with Crippen LogP contribution in [0.3, 0.4) is 0 Å². The molecule has 0 heterocycles. The van der Waals surface area contributed by atoms with Gasteiger partial charge in [-0.05, 0) is 29.4 Å². The number of nitrogens with zero attached hydrogens (tertiary/aromatic N) is 1. The third-order valence-electron chi connectivity index (χ3n) is 5.17. The zero-order chi connectivity index (χ0) is 21.6. The van der Waals surface area contributed by atoms with Crippen LogP contribution in [0.5, 0.6) is 0 Å². The number of benzene rings is 3. The summed E-state index contributed by atoms with van der Waals surface area (Å²) in [6.07, 6.45) is 1.93. The van der Waals surface area contributed by atoms with E-state index in [-0.39, 0.29) is 24.8 Å². The largest absolute Gasteiger partial charge is 0.356 e. The summed E-state index contributed by atoms with van der Waals surface area (Å²) in [6.45, 7) is 2.89. The monoisotopic (exact) mass is 424 g/mol. The first-order valence-corrected chi connectivity index (χ1v) is 12.0. The van der Waals surface area contributed by atoms with Gasteiger partial charge < -0.3 is 5.32 Å². The summed E-state index contributed by atoms with van der Waals surface area (Å²) < 4.78 is 26.3. The van der Waals surface area contributed by atoms with E-state index >= 15 is 0 Å². The Kier molecular flexibility index (Phi) is 7.11. The lowest BCUT2D eigenvalue weighted by Crippen LogP contribution is -2.33. The van der Waals surface area contributed by atoms with Gasteiger partial charge in [-0.2, -0.15) is 0 Å². The summed E-state index contributed by atoms with van der Waals surface area (Å²) in [5.74, 6) is 0.155. The van der Waals surface area contributed by atoms with E-state index in [4.69, 9.17) is 0 Å². The van der Waals surface area contributed by atoms with Gasteiger partial charge in [0.15, 0.2) is 0 Å². The van der Waals surface area contributed by atoms with Gasteiger partial charge in [0.2, 0.25) is 15.9 Å². The van der Waals surface area contributed by atoms with Gasteiger partial charge in [0.25, 0.3) is 0 Å². The molecule has 5 nitrogen and oxygen atoms in total. The van der Waals surface area contributed by atoms with Crippen molar-refractivity contribution < 1.29 is 13.2 Å². The van der Waals surface area contributed by atoms with Gasteiger partial charge in [-0.1, -0.05) is 73.7 Å². The molecule has 3 aromatic rings. The average Bonchev–Trinajstić information content (AvgIpc) is 2.74. The van der Waals surface area contributed by atoms with E-state index in [0.29, 0.717) is 18.7 Å². The molecule has 0 aliphatic carbocycles. The lowest BCUT2D eigenvalue weighted by Gasteiger charge is -2.24. The second-order valence-corrected chi connectivity index (χ2v) is 9.46. The van der Waals surface area contributed by atoms with E-state index in [2.05, 4.69) is 12.2 Å². The van der Waals surface area contributed by atoms with Gasteiger partial charge in [-0.15, -0.1) is 0 Å². The highest BCUT2D eigenvalue weighted by molar-refractivity contribution is 7.92. The molecular formula is C24H28N2O3S. The molecular weight excluding hydrogens is 396 g/mol. The van der Waals surface area contributed by atoms with Gasteiger partial charge >= 0.3 is 0 Å². The molecule has 158 valence electrons. The van der Waals surface area contributed by atoms with E-state index in [9.17, 15) is 13.2 Å². The first-order chi connectivity index (χ1) is 14.4. The predicted octanol–water partition coefficient (Wildman–Crippen LogP) is 4.31. The van der Waals surface area contributed by atoms with Crippen LogP contribution in [-0.4, -0.2) is 33.7 Å². The Hall–Kier alpha value is -2.86. The predicted molar refractivity (Wildman–Crippen MR) is 123 cm³/mol. The normalized spacial score (nSPS) is 12.5. The third kappa shape index (κ3) is 5.60. The molecule has 1 atom stereocenters.